The summed E-state index contributed by atoms with van der Waals surface area (Å²) in [6.45, 7) is -0.166. The molecular formula is C8H10ClNO3S. The lowest BCUT2D eigenvalue weighted by molar-refractivity contribution is 0.469. The van der Waals surface area contributed by atoms with Crippen LogP contribution in [0.2, 0.25) is 5.02 Å². The first-order valence-electron chi connectivity index (χ1n) is 3.87. The second-order valence-electron chi connectivity index (χ2n) is 2.79. The average Bonchev–Trinajstić information content (AvgIpc) is 2.07. The van der Waals surface area contributed by atoms with E-state index in [1.807, 2.05) is 0 Å². The molecule has 1 rings (SSSR count). The molecule has 78 valence electrons. The topological polar surface area (TPSA) is 80.4 Å². The molecule has 0 spiro atoms. The van der Waals surface area contributed by atoms with Gasteiger partial charge in [0.15, 0.2) is 0 Å². The zero-order valence-corrected chi connectivity index (χ0v) is 8.79. The van der Waals surface area contributed by atoms with E-state index in [4.69, 9.17) is 21.9 Å². The molecule has 1 aromatic carbocycles. The predicted octanol–water partition coefficient (Wildman–Crippen LogP) is 1.23. The Labute approximate surface area is 87.4 Å². The Balaban J connectivity index is 3.08. The molecule has 4 nitrogen and oxygen atoms in total. The molecule has 0 amide bonds. The van der Waals surface area contributed by atoms with Gasteiger partial charge in [0.05, 0.1) is 0 Å². The Bertz CT molecular complexity index is 401. The van der Waals surface area contributed by atoms with Gasteiger partial charge in [-0.25, -0.2) is 0 Å². The fourth-order valence-electron chi connectivity index (χ4n) is 1.11. The number of hydrogen-bond donors (Lipinski definition) is 2. The van der Waals surface area contributed by atoms with Gasteiger partial charge in [-0.2, -0.15) is 8.42 Å². The molecule has 1 atom stereocenters. The van der Waals surface area contributed by atoms with Crippen LogP contribution in [0.15, 0.2) is 24.3 Å². The Hall–Kier alpha value is -0.620. The first kappa shape index (κ1) is 11.5. The van der Waals surface area contributed by atoms with Crippen LogP contribution in [0.5, 0.6) is 0 Å². The Morgan fingerprint density at radius 2 is 1.86 bits per heavy atom. The van der Waals surface area contributed by atoms with Gasteiger partial charge in [0, 0.05) is 11.6 Å². The average molecular weight is 236 g/mol. The molecule has 14 heavy (non-hydrogen) atoms. The molecule has 1 aromatic rings. The van der Waals surface area contributed by atoms with Gasteiger partial charge in [0.25, 0.3) is 10.1 Å². The molecule has 3 N–H and O–H groups in total. The van der Waals surface area contributed by atoms with Crippen molar-refractivity contribution in [3.05, 3.63) is 34.9 Å². The molecule has 0 heterocycles. The third kappa shape index (κ3) is 2.68. The summed E-state index contributed by atoms with van der Waals surface area (Å²) >= 11 is 5.63. The zero-order valence-electron chi connectivity index (χ0n) is 7.22. The number of hydrogen-bond acceptors (Lipinski definition) is 3. The molecule has 0 aliphatic heterocycles. The number of nitrogens with two attached hydrogens (primary N) is 1. The van der Waals surface area contributed by atoms with E-state index in [0.717, 1.165) is 0 Å². The van der Waals surface area contributed by atoms with E-state index in [-0.39, 0.29) is 6.54 Å². The monoisotopic (exact) mass is 235 g/mol. The Morgan fingerprint density at radius 3 is 2.21 bits per heavy atom. The van der Waals surface area contributed by atoms with Crippen molar-refractivity contribution in [1.82, 2.24) is 0 Å². The zero-order chi connectivity index (χ0) is 10.8. The van der Waals surface area contributed by atoms with Gasteiger partial charge in [-0.3, -0.25) is 4.55 Å². The van der Waals surface area contributed by atoms with Gasteiger partial charge >= 0.3 is 0 Å². The van der Waals surface area contributed by atoms with Crippen LogP contribution < -0.4 is 5.73 Å². The van der Waals surface area contributed by atoms with E-state index in [2.05, 4.69) is 0 Å². The largest absolute Gasteiger partial charge is 0.329 e. The quantitative estimate of drug-likeness (QED) is 0.773. The maximum atomic E-state index is 10.9. The summed E-state index contributed by atoms with van der Waals surface area (Å²) in [7, 11) is -4.15. The lowest BCUT2D eigenvalue weighted by Gasteiger charge is -2.11. The van der Waals surface area contributed by atoms with Crippen LogP contribution in [-0.2, 0) is 10.1 Å². The van der Waals surface area contributed by atoms with Crippen LogP contribution in [-0.4, -0.2) is 19.5 Å². The summed E-state index contributed by atoms with van der Waals surface area (Å²) in [4.78, 5) is 0. The van der Waals surface area contributed by atoms with Crippen molar-refractivity contribution in [2.24, 2.45) is 5.73 Å². The van der Waals surface area contributed by atoms with Crippen molar-refractivity contribution >= 4 is 21.7 Å². The molecule has 0 aliphatic carbocycles. The van der Waals surface area contributed by atoms with Gasteiger partial charge in [0.2, 0.25) is 0 Å². The summed E-state index contributed by atoms with van der Waals surface area (Å²) in [5.41, 5.74) is 5.69. The fourth-order valence-corrected chi connectivity index (χ4v) is 1.98. The van der Waals surface area contributed by atoms with Crippen molar-refractivity contribution in [2.45, 2.75) is 5.25 Å². The molecule has 0 saturated carbocycles. The highest BCUT2D eigenvalue weighted by atomic mass is 35.5. The number of benzene rings is 1. The van der Waals surface area contributed by atoms with Crippen molar-refractivity contribution in [3.63, 3.8) is 0 Å². The number of rotatable bonds is 3. The maximum absolute atomic E-state index is 10.9. The third-order valence-corrected chi connectivity index (χ3v) is 3.25. The van der Waals surface area contributed by atoms with E-state index in [1.54, 1.807) is 12.1 Å². The molecule has 0 bridgehead atoms. The van der Waals surface area contributed by atoms with Crippen molar-refractivity contribution in [2.75, 3.05) is 6.54 Å². The maximum Gasteiger partial charge on any atom is 0.273 e. The van der Waals surface area contributed by atoms with E-state index >= 15 is 0 Å². The van der Waals surface area contributed by atoms with Crippen LogP contribution in [0.25, 0.3) is 0 Å². The second-order valence-corrected chi connectivity index (χ2v) is 4.83. The van der Waals surface area contributed by atoms with E-state index in [1.165, 1.54) is 12.1 Å². The molecule has 0 radical (unpaired) electrons. The number of halogens is 1. The first-order valence-corrected chi connectivity index (χ1v) is 5.75. The summed E-state index contributed by atoms with van der Waals surface area (Å²) in [6, 6.07) is 6.14. The van der Waals surface area contributed by atoms with Crippen LogP contribution in [0.4, 0.5) is 0 Å². The SMILES string of the molecule is NCC(c1ccc(Cl)cc1)S(=O)(=O)O. The highest BCUT2D eigenvalue weighted by Crippen LogP contribution is 2.21. The summed E-state index contributed by atoms with van der Waals surface area (Å²) < 4.78 is 30.6. The summed E-state index contributed by atoms with van der Waals surface area (Å²) in [5.74, 6) is 0. The normalized spacial score (nSPS) is 13.9. The minimum Gasteiger partial charge on any atom is -0.329 e. The van der Waals surface area contributed by atoms with Crippen molar-refractivity contribution in [3.8, 4) is 0 Å². The van der Waals surface area contributed by atoms with Gasteiger partial charge < -0.3 is 5.73 Å². The standard InChI is InChI=1S/C8H10ClNO3S/c9-7-3-1-6(2-4-7)8(5-10)14(11,12)13/h1-4,8H,5,10H2,(H,11,12,13). The van der Waals surface area contributed by atoms with Crippen LogP contribution in [0.3, 0.4) is 0 Å². The van der Waals surface area contributed by atoms with Gasteiger partial charge in [-0.15, -0.1) is 0 Å². The van der Waals surface area contributed by atoms with E-state index in [9.17, 15) is 8.42 Å². The lowest BCUT2D eigenvalue weighted by atomic mass is 10.1. The minimum absolute atomic E-state index is 0.166. The smallest absolute Gasteiger partial charge is 0.273 e. The second kappa shape index (κ2) is 4.27. The molecule has 1 unspecified atom stereocenters. The van der Waals surface area contributed by atoms with Crippen molar-refractivity contribution in [1.29, 1.82) is 0 Å². The Kier molecular flexibility index (Phi) is 3.49. The van der Waals surface area contributed by atoms with Crippen LogP contribution >= 0.6 is 11.6 Å². The predicted molar refractivity (Wildman–Crippen MR) is 54.8 cm³/mol. The molecule has 0 fully saturated rings. The molecular weight excluding hydrogens is 226 g/mol. The summed E-state index contributed by atoms with van der Waals surface area (Å²) in [6.07, 6.45) is 0. The molecule has 0 aromatic heterocycles. The molecule has 0 saturated heterocycles. The lowest BCUT2D eigenvalue weighted by Crippen LogP contribution is -2.21. The Morgan fingerprint density at radius 1 is 1.36 bits per heavy atom. The summed E-state index contributed by atoms with van der Waals surface area (Å²) in [5, 5.41) is -0.584. The van der Waals surface area contributed by atoms with Gasteiger partial charge in [-0.1, -0.05) is 23.7 Å². The third-order valence-electron chi connectivity index (χ3n) is 1.82. The highest BCUT2D eigenvalue weighted by molar-refractivity contribution is 7.86. The molecule has 6 heteroatoms. The van der Waals surface area contributed by atoms with Crippen molar-refractivity contribution < 1.29 is 13.0 Å². The van der Waals surface area contributed by atoms with E-state index in [0.29, 0.717) is 10.6 Å². The van der Waals surface area contributed by atoms with Gasteiger partial charge in [-0.05, 0) is 17.7 Å². The van der Waals surface area contributed by atoms with Crippen LogP contribution in [0.1, 0.15) is 10.8 Å². The molecule has 0 aliphatic rings. The van der Waals surface area contributed by atoms with Crippen LogP contribution in [0, 0.1) is 0 Å². The minimum atomic E-state index is -4.15. The first-order chi connectivity index (χ1) is 6.45. The van der Waals surface area contributed by atoms with Gasteiger partial charge in [0.1, 0.15) is 5.25 Å². The van der Waals surface area contributed by atoms with E-state index < -0.39 is 15.4 Å². The highest BCUT2D eigenvalue weighted by Gasteiger charge is 2.22. The fraction of sp³-hybridized carbons (Fsp3) is 0.250.